The first-order valence-electron chi connectivity index (χ1n) is 3.77. The second-order valence-electron chi connectivity index (χ2n) is 2.93. The second kappa shape index (κ2) is 3.31. The maximum atomic E-state index is 2.23. The molecule has 0 N–H and O–H groups in total. The topological polar surface area (TPSA) is 0 Å². The Morgan fingerprint density at radius 1 is 1.00 bits per heavy atom. The van der Waals surface area contributed by atoms with Crippen LogP contribution in [0.15, 0.2) is 17.0 Å². The van der Waals surface area contributed by atoms with Crippen molar-refractivity contribution in [2.75, 3.05) is 6.26 Å². The summed E-state index contributed by atoms with van der Waals surface area (Å²) in [6, 6.07) is 4.47. The molecule has 0 aliphatic rings. The number of hydrogen-bond acceptors (Lipinski definition) is 1. The average Bonchev–Trinajstić information content (AvgIpc) is 1.85. The monoisotopic (exact) mass is 166 g/mol. The lowest BCUT2D eigenvalue weighted by Crippen LogP contribution is -1.85. The fourth-order valence-corrected chi connectivity index (χ4v) is 2.25. The van der Waals surface area contributed by atoms with E-state index in [0.717, 1.165) is 0 Å². The molecule has 0 unspecified atom stereocenters. The van der Waals surface area contributed by atoms with Gasteiger partial charge >= 0.3 is 0 Å². The lowest BCUT2D eigenvalue weighted by molar-refractivity contribution is 1.19. The van der Waals surface area contributed by atoms with E-state index in [0.29, 0.717) is 0 Å². The van der Waals surface area contributed by atoms with E-state index in [-0.39, 0.29) is 0 Å². The van der Waals surface area contributed by atoms with Crippen LogP contribution in [0, 0.1) is 20.8 Å². The van der Waals surface area contributed by atoms with Crippen molar-refractivity contribution in [1.82, 2.24) is 0 Å². The largest absolute Gasteiger partial charge is 0.129 e. The van der Waals surface area contributed by atoms with Gasteiger partial charge in [-0.25, -0.2) is 0 Å². The predicted octanol–water partition coefficient (Wildman–Crippen LogP) is 3.33. The zero-order valence-electron chi connectivity index (χ0n) is 7.56. The van der Waals surface area contributed by atoms with Crippen LogP contribution in [0.3, 0.4) is 0 Å². The quantitative estimate of drug-likeness (QED) is 0.577. The highest BCUT2D eigenvalue weighted by molar-refractivity contribution is 7.98. The average molecular weight is 166 g/mol. The smallest absolute Gasteiger partial charge is 0.0128 e. The van der Waals surface area contributed by atoms with E-state index in [1.165, 1.54) is 21.6 Å². The van der Waals surface area contributed by atoms with Crippen LogP contribution in [0.4, 0.5) is 0 Å². The molecule has 0 bridgehead atoms. The van der Waals surface area contributed by atoms with Crippen molar-refractivity contribution in [3.05, 3.63) is 28.8 Å². The Morgan fingerprint density at radius 2 is 1.45 bits per heavy atom. The van der Waals surface area contributed by atoms with Gasteiger partial charge in [0.15, 0.2) is 0 Å². The molecular weight excluding hydrogens is 152 g/mol. The summed E-state index contributed by atoms with van der Waals surface area (Å²) in [5.74, 6) is 0. The third-order valence-electron chi connectivity index (χ3n) is 1.81. The van der Waals surface area contributed by atoms with Gasteiger partial charge in [-0.15, -0.1) is 11.8 Å². The van der Waals surface area contributed by atoms with Crippen molar-refractivity contribution in [3.8, 4) is 0 Å². The zero-order chi connectivity index (χ0) is 8.43. The molecule has 1 rings (SSSR count). The van der Waals surface area contributed by atoms with Gasteiger partial charge < -0.3 is 0 Å². The first-order valence-corrected chi connectivity index (χ1v) is 4.99. The van der Waals surface area contributed by atoms with E-state index in [9.17, 15) is 0 Å². The molecule has 11 heavy (non-hydrogen) atoms. The Kier molecular flexibility index (Phi) is 2.61. The lowest BCUT2D eigenvalue weighted by Gasteiger charge is -2.07. The predicted molar refractivity (Wildman–Crippen MR) is 52.4 cm³/mol. The van der Waals surface area contributed by atoms with Crippen molar-refractivity contribution in [2.45, 2.75) is 25.7 Å². The Morgan fingerprint density at radius 3 is 1.82 bits per heavy atom. The normalized spacial score (nSPS) is 10.2. The number of thioether (sulfide) groups is 1. The van der Waals surface area contributed by atoms with Crippen LogP contribution in [0.5, 0.6) is 0 Å². The summed E-state index contributed by atoms with van der Waals surface area (Å²) in [5.41, 5.74) is 4.16. The fourth-order valence-electron chi connectivity index (χ4n) is 1.49. The van der Waals surface area contributed by atoms with Crippen LogP contribution in [0.2, 0.25) is 0 Å². The molecule has 0 amide bonds. The minimum atomic E-state index is 1.36. The zero-order valence-corrected chi connectivity index (χ0v) is 8.38. The van der Waals surface area contributed by atoms with Crippen LogP contribution < -0.4 is 0 Å². The molecule has 0 aromatic heterocycles. The SMILES string of the molecule is CSc1c(C)cc(C)cc1C. The van der Waals surface area contributed by atoms with Gasteiger partial charge in [0.1, 0.15) is 0 Å². The van der Waals surface area contributed by atoms with Crippen molar-refractivity contribution in [2.24, 2.45) is 0 Å². The highest BCUT2D eigenvalue weighted by Crippen LogP contribution is 2.24. The van der Waals surface area contributed by atoms with Crippen molar-refractivity contribution in [3.63, 3.8) is 0 Å². The lowest BCUT2D eigenvalue weighted by atomic mass is 10.1. The molecular formula is C10H14S. The van der Waals surface area contributed by atoms with Crippen LogP contribution in [0.25, 0.3) is 0 Å². The van der Waals surface area contributed by atoms with Crippen molar-refractivity contribution < 1.29 is 0 Å². The van der Waals surface area contributed by atoms with Crippen LogP contribution >= 0.6 is 11.8 Å². The van der Waals surface area contributed by atoms with E-state index >= 15 is 0 Å². The summed E-state index contributed by atoms with van der Waals surface area (Å²) >= 11 is 1.83. The van der Waals surface area contributed by atoms with Crippen LogP contribution in [0.1, 0.15) is 16.7 Å². The Balaban J connectivity index is 3.25. The molecule has 1 heteroatoms. The molecule has 0 radical (unpaired) electrons. The van der Waals surface area contributed by atoms with Crippen molar-refractivity contribution >= 4 is 11.8 Å². The maximum absolute atomic E-state index is 2.23. The van der Waals surface area contributed by atoms with Crippen molar-refractivity contribution in [1.29, 1.82) is 0 Å². The summed E-state index contributed by atoms with van der Waals surface area (Å²) in [7, 11) is 0. The van der Waals surface area contributed by atoms with E-state index in [2.05, 4.69) is 39.2 Å². The summed E-state index contributed by atoms with van der Waals surface area (Å²) in [6.45, 7) is 6.49. The minimum Gasteiger partial charge on any atom is -0.129 e. The van der Waals surface area contributed by atoms with Gasteiger partial charge in [0.05, 0.1) is 0 Å². The molecule has 0 saturated heterocycles. The third-order valence-corrected chi connectivity index (χ3v) is 2.86. The molecule has 0 fully saturated rings. The molecule has 0 aliphatic carbocycles. The molecule has 60 valence electrons. The fraction of sp³-hybridized carbons (Fsp3) is 0.400. The van der Waals surface area contributed by atoms with Gasteiger partial charge in [-0.1, -0.05) is 17.7 Å². The minimum absolute atomic E-state index is 1.36. The van der Waals surface area contributed by atoms with E-state index in [4.69, 9.17) is 0 Å². The van der Waals surface area contributed by atoms with Gasteiger partial charge in [-0.2, -0.15) is 0 Å². The Labute approximate surface area is 73.0 Å². The highest BCUT2D eigenvalue weighted by Gasteiger charge is 2.00. The van der Waals surface area contributed by atoms with Crippen LogP contribution in [-0.2, 0) is 0 Å². The Bertz CT molecular complexity index is 241. The molecule has 1 aromatic rings. The second-order valence-corrected chi connectivity index (χ2v) is 3.75. The molecule has 0 saturated carbocycles. The number of benzene rings is 1. The molecule has 0 nitrogen and oxygen atoms in total. The molecule has 0 aliphatic heterocycles. The summed E-state index contributed by atoms with van der Waals surface area (Å²) in [5, 5.41) is 0. The van der Waals surface area contributed by atoms with E-state index < -0.39 is 0 Å². The summed E-state index contributed by atoms with van der Waals surface area (Å²) in [4.78, 5) is 1.43. The number of rotatable bonds is 1. The van der Waals surface area contributed by atoms with Gasteiger partial charge in [0, 0.05) is 4.90 Å². The molecule has 1 aromatic carbocycles. The standard InChI is InChI=1S/C10H14S/c1-7-5-8(2)10(11-4)9(3)6-7/h5-6H,1-4H3. The van der Waals surface area contributed by atoms with Gasteiger partial charge in [0.2, 0.25) is 0 Å². The molecule has 0 atom stereocenters. The first kappa shape index (κ1) is 8.66. The first-order chi connectivity index (χ1) is 5.15. The summed E-state index contributed by atoms with van der Waals surface area (Å²) in [6.07, 6.45) is 2.13. The van der Waals surface area contributed by atoms with Gasteiger partial charge in [0.25, 0.3) is 0 Å². The molecule has 0 heterocycles. The molecule has 0 spiro atoms. The van der Waals surface area contributed by atoms with Gasteiger partial charge in [-0.3, -0.25) is 0 Å². The highest BCUT2D eigenvalue weighted by atomic mass is 32.2. The maximum Gasteiger partial charge on any atom is 0.0128 e. The third kappa shape index (κ3) is 1.78. The van der Waals surface area contributed by atoms with Crippen LogP contribution in [-0.4, -0.2) is 6.26 Å². The Hall–Kier alpha value is -0.430. The van der Waals surface area contributed by atoms with E-state index in [1.807, 2.05) is 11.8 Å². The van der Waals surface area contributed by atoms with E-state index in [1.54, 1.807) is 0 Å². The number of aryl methyl sites for hydroxylation is 3. The number of hydrogen-bond donors (Lipinski definition) is 0. The summed E-state index contributed by atoms with van der Waals surface area (Å²) < 4.78 is 0. The van der Waals surface area contributed by atoms with Gasteiger partial charge in [-0.05, 0) is 38.2 Å².